The third kappa shape index (κ3) is 3.06. The summed E-state index contributed by atoms with van der Waals surface area (Å²) in [6.45, 7) is 1.93. The van der Waals surface area contributed by atoms with Crippen LogP contribution in [0.4, 0.5) is 5.00 Å². The number of nitrogens with one attached hydrogen (secondary N) is 1. The lowest BCUT2D eigenvalue weighted by molar-refractivity contribution is -0.116. The van der Waals surface area contributed by atoms with Gasteiger partial charge in [-0.2, -0.15) is 0 Å². The van der Waals surface area contributed by atoms with Gasteiger partial charge in [0, 0.05) is 6.42 Å². The Morgan fingerprint density at radius 3 is 2.87 bits per heavy atom. The first-order valence-electron chi connectivity index (χ1n) is 4.64. The number of amides is 1. The van der Waals surface area contributed by atoms with Gasteiger partial charge in [0.05, 0.1) is 12.7 Å². The lowest BCUT2D eigenvalue weighted by Gasteiger charge is -2.03. The molecule has 1 heterocycles. The van der Waals surface area contributed by atoms with Gasteiger partial charge in [0.25, 0.3) is 0 Å². The molecule has 0 atom stereocenters. The Morgan fingerprint density at radius 1 is 1.53 bits per heavy atom. The molecule has 0 saturated carbocycles. The van der Waals surface area contributed by atoms with Gasteiger partial charge in [-0.15, -0.1) is 11.3 Å². The first kappa shape index (κ1) is 11.7. The van der Waals surface area contributed by atoms with Crippen molar-refractivity contribution in [2.24, 2.45) is 0 Å². The second-order valence-corrected chi connectivity index (χ2v) is 3.87. The molecule has 15 heavy (non-hydrogen) atoms. The largest absolute Gasteiger partial charge is 0.465 e. The fourth-order valence-electron chi connectivity index (χ4n) is 1.09. The SMILES string of the molecule is CCCC(=O)Nc1sccc1C(=O)OC. The van der Waals surface area contributed by atoms with Crippen LogP contribution in [-0.2, 0) is 9.53 Å². The average molecular weight is 227 g/mol. The molecule has 0 aromatic carbocycles. The number of hydrogen-bond donors (Lipinski definition) is 1. The van der Waals surface area contributed by atoms with Gasteiger partial charge in [-0.25, -0.2) is 4.79 Å². The maximum absolute atomic E-state index is 11.3. The number of carbonyl (C=O) groups excluding carboxylic acids is 2. The van der Waals surface area contributed by atoms with Crippen LogP contribution in [0.5, 0.6) is 0 Å². The number of ether oxygens (including phenoxy) is 1. The molecular weight excluding hydrogens is 214 g/mol. The molecule has 0 fully saturated rings. The Balaban J connectivity index is 2.73. The van der Waals surface area contributed by atoms with E-state index in [1.165, 1.54) is 18.4 Å². The minimum absolute atomic E-state index is 0.0786. The van der Waals surface area contributed by atoms with Crippen molar-refractivity contribution in [1.82, 2.24) is 0 Å². The summed E-state index contributed by atoms with van der Waals surface area (Å²) in [6, 6.07) is 1.64. The second kappa shape index (κ2) is 5.50. The minimum atomic E-state index is -0.428. The number of anilines is 1. The highest BCUT2D eigenvalue weighted by Crippen LogP contribution is 2.24. The van der Waals surface area contributed by atoms with Crippen LogP contribution in [0.15, 0.2) is 11.4 Å². The van der Waals surface area contributed by atoms with Crippen molar-refractivity contribution in [2.75, 3.05) is 12.4 Å². The van der Waals surface area contributed by atoms with Gasteiger partial charge < -0.3 is 10.1 Å². The predicted molar refractivity (Wildman–Crippen MR) is 59.2 cm³/mol. The Morgan fingerprint density at radius 2 is 2.27 bits per heavy atom. The number of esters is 1. The maximum Gasteiger partial charge on any atom is 0.340 e. The van der Waals surface area contributed by atoms with Crippen molar-refractivity contribution in [3.8, 4) is 0 Å². The number of hydrogen-bond acceptors (Lipinski definition) is 4. The number of rotatable bonds is 4. The summed E-state index contributed by atoms with van der Waals surface area (Å²) >= 11 is 1.31. The first-order valence-corrected chi connectivity index (χ1v) is 5.52. The number of methoxy groups -OCH3 is 1. The molecule has 1 amide bonds. The molecule has 4 nitrogen and oxygen atoms in total. The van der Waals surface area contributed by atoms with Crippen LogP contribution in [0, 0.1) is 0 Å². The average Bonchev–Trinajstić information content (AvgIpc) is 2.65. The van der Waals surface area contributed by atoms with Crippen LogP contribution in [0.3, 0.4) is 0 Å². The lowest BCUT2D eigenvalue weighted by atomic mass is 10.3. The van der Waals surface area contributed by atoms with Gasteiger partial charge in [-0.1, -0.05) is 6.92 Å². The molecule has 0 radical (unpaired) electrons. The van der Waals surface area contributed by atoms with E-state index < -0.39 is 5.97 Å². The van der Waals surface area contributed by atoms with Crippen molar-refractivity contribution >= 4 is 28.2 Å². The molecule has 5 heteroatoms. The Hall–Kier alpha value is -1.36. The van der Waals surface area contributed by atoms with Gasteiger partial charge in [0.2, 0.25) is 5.91 Å². The van der Waals surface area contributed by atoms with E-state index in [1.807, 2.05) is 6.92 Å². The van der Waals surface area contributed by atoms with E-state index in [1.54, 1.807) is 11.4 Å². The molecular formula is C10H13NO3S. The molecule has 1 aromatic heterocycles. The van der Waals surface area contributed by atoms with Crippen LogP contribution in [0.25, 0.3) is 0 Å². The molecule has 0 unspecified atom stereocenters. The van der Waals surface area contributed by atoms with E-state index in [0.29, 0.717) is 17.0 Å². The quantitative estimate of drug-likeness (QED) is 0.803. The lowest BCUT2D eigenvalue weighted by Crippen LogP contribution is -2.12. The van der Waals surface area contributed by atoms with Gasteiger partial charge in [-0.3, -0.25) is 4.79 Å². The molecule has 0 aliphatic rings. The molecule has 0 spiro atoms. The van der Waals surface area contributed by atoms with Crippen LogP contribution >= 0.6 is 11.3 Å². The highest BCUT2D eigenvalue weighted by molar-refractivity contribution is 7.14. The summed E-state index contributed by atoms with van der Waals surface area (Å²) in [7, 11) is 1.32. The van der Waals surface area contributed by atoms with Crippen molar-refractivity contribution in [1.29, 1.82) is 0 Å². The summed E-state index contributed by atoms with van der Waals surface area (Å²) in [5.41, 5.74) is 0.409. The van der Waals surface area contributed by atoms with E-state index in [4.69, 9.17) is 0 Å². The normalized spacial score (nSPS) is 9.73. The smallest absolute Gasteiger partial charge is 0.340 e. The van der Waals surface area contributed by atoms with E-state index >= 15 is 0 Å². The van der Waals surface area contributed by atoms with E-state index in [9.17, 15) is 9.59 Å². The zero-order valence-corrected chi connectivity index (χ0v) is 9.52. The number of thiophene rings is 1. The summed E-state index contributed by atoms with van der Waals surface area (Å²) in [5.74, 6) is -0.506. The third-order valence-corrected chi connectivity index (χ3v) is 2.63. The zero-order chi connectivity index (χ0) is 11.3. The van der Waals surface area contributed by atoms with Crippen molar-refractivity contribution in [2.45, 2.75) is 19.8 Å². The van der Waals surface area contributed by atoms with Crippen LogP contribution < -0.4 is 5.32 Å². The highest BCUT2D eigenvalue weighted by Gasteiger charge is 2.14. The molecule has 0 aliphatic heterocycles. The standard InChI is InChI=1S/C10H13NO3S/c1-3-4-8(12)11-9-7(5-6-15-9)10(13)14-2/h5-6H,3-4H2,1-2H3,(H,11,12). The fourth-order valence-corrected chi connectivity index (χ4v) is 1.88. The van der Waals surface area contributed by atoms with Gasteiger partial charge in [0.1, 0.15) is 5.00 Å². The van der Waals surface area contributed by atoms with Crippen molar-refractivity contribution in [3.05, 3.63) is 17.0 Å². The van der Waals surface area contributed by atoms with E-state index in [2.05, 4.69) is 10.1 Å². The Kier molecular flexibility index (Phi) is 4.30. The second-order valence-electron chi connectivity index (χ2n) is 2.95. The Bertz CT molecular complexity index is 359. The van der Waals surface area contributed by atoms with E-state index in [-0.39, 0.29) is 5.91 Å². The molecule has 0 saturated heterocycles. The monoisotopic (exact) mass is 227 g/mol. The van der Waals surface area contributed by atoms with Crippen LogP contribution in [0.2, 0.25) is 0 Å². The molecule has 82 valence electrons. The zero-order valence-electron chi connectivity index (χ0n) is 8.70. The van der Waals surface area contributed by atoms with Crippen LogP contribution in [0.1, 0.15) is 30.1 Å². The molecule has 1 aromatic rings. The van der Waals surface area contributed by atoms with Gasteiger partial charge in [0.15, 0.2) is 0 Å². The third-order valence-electron chi connectivity index (χ3n) is 1.80. The van der Waals surface area contributed by atoms with Gasteiger partial charge in [-0.05, 0) is 17.9 Å². The predicted octanol–water partition coefficient (Wildman–Crippen LogP) is 2.27. The van der Waals surface area contributed by atoms with Gasteiger partial charge >= 0.3 is 5.97 Å². The summed E-state index contributed by atoms with van der Waals surface area (Å²) in [4.78, 5) is 22.6. The maximum atomic E-state index is 11.3. The molecule has 0 bridgehead atoms. The molecule has 0 aliphatic carbocycles. The summed E-state index contributed by atoms with van der Waals surface area (Å²) in [6.07, 6.45) is 1.24. The van der Waals surface area contributed by atoms with Crippen LogP contribution in [-0.4, -0.2) is 19.0 Å². The molecule has 1 rings (SSSR count). The summed E-state index contributed by atoms with van der Waals surface area (Å²) < 4.78 is 4.59. The number of carbonyl (C=O) groups is 2. The Labute approximate surface area is 92.2 Å². The van der Waals surface area contributed by atoms with Crippen molar-refractivity contribution < 1.29 is 14.3 Å². The topological polar surface area (TPSA) is 55.4 Å². The van der Waals surface area contributed by atoms with E-state index in [0.717, 1.165) is 6.42 Å². The summed E-state index contributed by atoms with van der Waals surface area (Å²) in [5, 5.41) is 4.99. The minimum Gasteiger partial charge on any atom is -0.465 e. The fraction of sp³-hybridized carbons (Fsp3) is 0.400. The van der Waals surface area contributed by atoms with Crippen molar-refractivity contribution in [3.63, 3.8) is 0 Å². The molecule has 1 N–H and O–H groups in total. The highest BCUT2D eigenvalue weighted by atomic mass is 32.1. The first-order chi connectivity index (χ1) is 7.19.